The third-order valence-electron chi connectivity index (χ3n) is 4.46. The van der Waals surface area contributed by atoms with E-state index in [0.29, 0.717) is 31.5 Å². The Morgan fingerprint density at radius 1 is 1.35 bits per heavy atom. The number of carboxylic acid groups (broad SMARTS) is 1. The predicted octanol–water partition coefficient (Wildman–Crippen LogP) is 4.08. The zero-order valence-electron chi connectivity index (χ0n) is 13.0. The number of hydrogen-bond donors (Lipinski definition) is 1. The van der Waals surface area contributed by atoms with Crippen LogP contribution < -0.4 is 0 Å². The minimum Gasteiger partial charge on any atom is -0.481 e. The van der Waals surface area contributed by atoms with Gasteiger partial charge in [0.25, 0.3) is 0 Å². The van der Waals surface area contributed by atoms with Crippen LogP contribution in [-0.4, -0.2) is 29.1 Å². The number of carbonyl (C=O) groups is 1. The Kier molecular flexibility index (Phi) is 4.78. The Bertz CT molecular complexity index is 692. The topological polar surface area (TPSA) is 40.5 Å². The van der Waals surface area contributed by atoms with E-state index < -0.39 is 5.97 Å². The van der Waals surface area contributed by atoms with Crippen molar-refractivity contribution in [3.8, 4) is 0 Å². The van der Waals surface area contributed by atoms with E-state index in [-0.39, 0.29) is 17.8 Å². The van der Waals surface area contributed by atoms with Crippen LogP contribution in [0.2, 0.25) is 0 Å². The van der Waals surface area contributed by atoms with Crippen molar-refractivity contribution in [2.45, 2.75) is 25.8 Å². The second kappa shape index (κ2) is 6.81. The Hall–Kier alpha value is -1.72. The summed E-state index contributed by atoms with van der Waals surface area (Å²) in [5, 5.41) is 11.2. The largest absolute Gasteiger partial charge is 0.481 e. The molecule has 1 aliphatic rings. The van der Waals surface area contributed by atoms with Crippen molar-refractivity contribution < 1.29 is 14.3 Å². The molecule has 1 unspecified atom stereocenters. The predicted molar refractivity (Wildman–Crippen MR) is 89.2 cm³/mol. The highest BCUT2D eigenvalue weighted by Crippen LogP contribution is 2.36. The van der Waals surface area contributed by atoms with Gasteiger partial charge in [0.15, 0.2) is 0 Å². The standard InChI is InChI=1S/C18H20FNO2S/c1-12-10-16(23-11-12)17(14-4-2-3-5-15(14)19)20-8-6-13(7-9-20)18(21)22/h2-5,10-11,13,17H,6-9H2,1H3,(H,21,22). The van der Waals surface area contributed by atoms with Crippen molar-refractivity contribution in [1.82, 2.24) is 4.90 Å². The number of benzene rings is 1. The van der Waals surface area contributed by atoms with E-state index >= 15 is 0 Å². The molecule has 0 saturated carbocycles. The van der Waals surface area contributed by atoms with Gasteiger partial charge in [-0.3, -0.25) is 9.69 Å². The van der Waals surface area contributed by atoms with Crippen LogP contribution in [0.4, 0.5) is 4.39 Å². The molecule has 0 amide bonds. The molecule has 1 fully saturated rings. The van der Waals surface area contributed by atoms with E-state index in [4.69, 9.17) is 5.11 Å². The monoisotopic (exact) mass is 333 g/mol. The maximum atomic E-state index is 14.4. The zero-order chi connectivity index (χ0) is 16.4. The summed E-state index contributed by atoms with van der Waals surface area (Å²) >= 11 is 1.64. The second-order valence-corrected chi connectivity index (χ2v) is 7.04. The quantitative estimate of drug-likeness (QED) is 0.916. The Labute approximate surface area is 139 Å². The Morgan fingerprint density at radius 2 is 2.04 bits per heavy atom. The van der Waals surface area contributed by atoms with Crippen molar-refractivity contribution in [2.75, 3.05) is 13.1 Å². The summed E-state index contributed by atoms with van der Waals surface area (Å²) in [6, 6.07) is 8.85. The molecule has 3 rings (SSSR count). The molecule has 1 atom stereocenters. The van der Waals surface area contributed by atoms with Crippen LogP contribution in [-0.2, 0) is 4.79 Å². The van der Waals surface area contributed by atoms with E-state index in [1.807, 2.05) is 19.1 Å². The van der Waals surface area contributed by atoms with Gasteiger partial charge >= 0.3 is 5.97 Å². The minimum atomic E-state index is -0.723. The fourth-order valence-electron chi connectivity index (χ4n) is 3.23. The molecule has 0 aliphatic carbocycles. The van der Waals surface area contributed by atoms with Gasteiger partial charge in [0.1, 0.15) is 5.82 Å². The number of hydrogen-bond acceptors (Lipinski definition) is 3. The van der Waals surface area contributed by atoms with E-state index in [1.54, 1.807) is 17.4 Å². The molecular weight excluding hydrogens is 313 g/mol. The molecule has 1 aromatic heterocycles. The maximum absolute atomic E-state index is 14.4. The number of piperidine rings is 1. The molecule has 23 heavy (non-hydrogen) atoms. The van der Waals surface area contributed by atoms with Crippen LogP contribution >= 0.6 is 11.3 Å². The minimum absolute atomic E-state index is 0.135. The molecule has 1 saturated heterocycles. The molecule has 5 heteroatoms. The van der Waals surface area contributed by atoms with E-state index in [9.17, 15) is 9.18 Å². The van der Waals surface area contributed by atoms with Gasteiger partial charge in [0.2, 0.25) is 0 Å². The number of aliphatic carboxylic acids is 1. The third-order valence-corrected chi connectivity index (χ3v) is 5.57. The number of nitrogens with zero attached hydrogens (tertiary/aromatic N) is 1. The molecule has 1 N–H and O–H groups in total. The van der Waals surface area contributed by atoms with Gasteiger partial charge in [-0.2, -0.15) is 0 Å². The highest BCUT2D eigenvalue weighted by atomic mass is 32.1. The van der Waals surface area contributed by atoms with Crippen LogP contribution in [0.3, 0.4) is 0 Å². The lowest BCUT2D eigenvalue weighted by Gasteiger charge is -2.36. The lowest BCUT2D eigenvalue weighted by molar-refractivity contribution is -0.143. The average molecular weight is 333 g/mol. The van der Waals surface area contributed by atoms with E-state index in [0.717, 1.165) is 4.88 Å². The van der Waals surface area contributed by atoms with Gasteiger partial charge in [-0.1, -0.05) is 18.2 Å². The summed E-state index contributed by atoms with van der Waals surface area (Å²) in [6.07, 6.45) is 1.23. The number of likely N-dealkylation sites (tertiary alicyclic amines) is 1. The second-order valence-electron chi connectivity index (χ2n) is 6.10. The fraction of sp³-hybridized carbons (Fsp3) is 0.389. The molecule has 2 heterocycles. The molecule has 2 aromatic rings. The van der Waals surface area contributed by atoms with Gasteiger partial charge in [-0.15, -0.1) is 11.3 Å². The number of carboxylic acids is 1. The van der Waals surface area contributed by atoms with Gasteiger partial charge in [-0.05, 0) is 55.9 Å². The van der Waals surface area contributed by atoms with Crippen LogP contribution in [0.15, 0.2) is 35.7 Å². The first kappa shape index (κ1) is 16.1. The summed E-state index contributed by atoms with van der Waals surface area (Å²) in [6.45, 7) is 3.38. The molecule has 1 aliphatic heterocycles. The van der Waals surface area contributed by atoms with E-state index in [2.05, 4.69) is 16.3 Å². The number of aryl methyl sites for hydroxylation is 1. The number of rotatable bonds is 4. The van der Waals surface area contributed by atoms with Gasteiger partial charge in [0, 0.05) is 10.4 Å². The first-order valence-electron chi connectivity index (χ1n) is 7.82. The van der Waals surface area contributed by atoms with Crippen molar-refractivity contribution in [3.63, 3.8) is 0 Å². The number of halogens is 1. The summed E-state index contributed by atoms with van der Waals surface area (Å²) in [5.41, 5.74) is 1.84. The van der Waals surface area contributed by atoms with E-state index in [1.165, 1.54) is 11.6 Å². The smallest absolute Gasteiger partial charge is 0.306 e. The lowest BCUT2D eigenvalue weighted by atomic mass is 9.93. The van der Waals surface area contributed by atoms with Crippen molar-refractivity contribution in [3.05, 3.63) is 57.5 Å². The maximum Gasteiger partial charge on any atom is 0.306 e. The third kappa shape index (κ3) is 3.46. The van der Waals surface area contributed by atoms with Crippen LogP contribution in [0, 0.1) is 18.7 Å². The summed E-state index contributed by atoms with van der Waals surface area (Å²) in [7, 11) is 0. The first-order valence-corrected chi connectivity index (χ1v) is 8.70. The lowest BCUT2D eigenvalue weighted by Crippen LogP contribution is -2.39. The normalized spacial score (nSPS) is 18.0. The molecular formula is C18H20FNO2S. The highest BCUT2D eigenvalue weighted by Gasteiger charge is 2.31. The Morgan fingerprint density at radius 3 is 2.61 bits per heavy atom. The molecule has 3 nitrogen and oxygen atoms in total. The molecule has 122 valence electrons. The molecule has 1 aromatic carbocycles. The molecule has 0 spiro atoms. The van der Waals surface area contributed by atoms with Gasteiger partial charge in [-0.25, -0.2) is 4.39 Å². The Balaban J connectivity index is 1.91. The molecule has 0 radical (unpaired) electrons. The summed E-state index contributed by atoms with van der Waals surface area (Å²) < 4.78 is 14.4. The first-order chi connectivity index (χ1) is 11.1. The number of thiophene rings is 1. The van der Waals surface area contributed by atoms with Crippen molar-refractivity contribution in [1.29, 1.82) is 0 Å². The fourth-order valence-corrected chi connectivity index (χ4v) is 4.28. The van der Waals surface area contributed by atoms with Crippen LogP contribution in [0.1, 0.15) is 34.9 Å². The zero-order valence-corrected chi connectivity index (χ0v) is 13.9. The summed E-state index contributed by atoms with van der Waals surface area (Å²) in [4.78, 5) is 14.5. The highest BCUT2D eigenvalue weighted by molar-refractivity contribution is 7.10. The van der Waals surface area contributed by atoms with Crippen LogP contribution in [0.5, 0.6) is 0 Å². The van der Waals surface area contributed by atoms with Crippen molar-refractivity contribution >= 4 is 17.3 Å². The molecule has 0 bridgehead atoms. The van der Waals surface area contributed by atoms with Crippen molar-refractivity contribution in [2.24, 2.45) is 5.92 Å². The van der Waals surface area contributed by atoms with Gasteiger partial charge in [0.05, 0.1) is 12.0 Å². The van der Waals surface area contributed by atoms with Crippen LogP contribution in [0.25, 0.3) is 0 Å². The summed E-state index contributed by atoms with van der Waals surface area (Å²) in [5.74, 6) is -1.21. The van der Waals surface area contributed by atoms with Gasteiger partial charge < -0.3 is 5.11 Å². The average Bonchev–Trinajstić information content (AvgIpc) is 2.96. The SMILES string of the molecule is Cc1csc(C(c2ccccc2F)N2CCC(C(=O)O)CC2)c1.